The van der Waals surface area contributed by atoms with Crippen LogP contribution in [-0.2, 0) is 0 Å². The standard InChI is InChI=1S/C12H18O3/c1-4-9(8-13)11-7-10(14-2)5-6-12(11)15-3/h5-7,9,13H,4,8H2,1-3H3. The lowest BCUT2D eigenvalue weighted by atomic mass is 9.96. The summed E-state index contributed by atoms with van der Waals surface area (Å²) in [7, 11) is 3.26. The first-order valence-corrected chi connectivity index (χ1v) is 5.09. The molecular formula is C12H18O3. The van der Waals surface area contributed by atoms with Crippen LogP contribution in [-0.4, -0.2) is 25.9 Å². The SMILES string of the molecule is CCC(CO)c1cc(OC)ccc1OC. The van der Waals surface area contributed by atoms with Crippen LogP contribution in [0.1, 0.15) is 24.8 Å². The Morgan fingerprint density at radius 3 is 2.47 bits per heavy atom. The van der Waals surface area contributed by atoms with Gasteiger partial charge in [-0.1, -0.05) is 6.92 Å². The Morgan fingerprint density at radius 1 is 1.27 bits per heavy atom. The van der Waals surface area contributed by atoms with Crippen molar-refractivity contribution in [2.75, 3.05) is 20.8 Å². The smallest absolute Gasteiger partial charge is 0.122 e. The Kier molecular flexibility index (Phi) is 4.43. The molecule has 15 heavy (non-hydrogen) atoms. The highest BCUT2D eigenvalue weighted by Gasteiger charge is 2.14. The second-order valence-corrected chi connectivity index (χ2v) is 3.40. The Labute approximate surface area is 90.6 Å². The van der Waals surface area contributed by atoms with Crippen LogP contribution in [0.25, 0.3) is 0 Å². The highest BCUT2D eigenvalue weighted by molar-refractivity contribution is 5.42. The molecular weight excluding hydrogens is 192 g/mol. The van der Waals surface area contributed by atoms with Crippen LogP contribution in [0.4, 0.5) is 0 Å². The Bertz CT molecular complexity index is 306. The minimum atomic E-state index is 0.107. The Morgan fingerprint density at radius 2 is 2.00 bits per heavy atom. The van der Waals surface area contributed by atoms with Gasteiger partial charge in [-0.05, 0) is 24.6 Å². The van der Waals surface area contributed by atoms with Gasteiger partial charge >= 0.3 is 0 Å². The van der Waals surface area contributed by atoms with E-state index < -0.39 is 0 Å². The van der Waals surface area contributed by atoms with E-state index in [4.69, 9.17) is 9.47 Å². The van der Waals surface area contributed by atoms with Gasteiger partial charge in [-0.2, -0.15) is 0 Å². The van der Waals surface area contributed by atoms with Gasteiger partial charge in [0.25, 0.3) is 0 Å². The summed E-state index contributed by atoms with van der Waals surface area (Å²) in [6.07, 6.45) is 0.875. The summed E-state index contributed by atoms with van der Waals surface area (Å²) in [5.74, 6) is 1.70. The maximum Gasteiger partial charge on any atom is 0.122 e. The molecule has 0 saturated heterocycles. The molecule has 1 N–H and O–H groups in total. The fourth-order valence-corrected chi connectivity index (χ4v) is 1.61. The molecule has 0 aromatic heterocycles. The first kappa shape index (κ1) is 11.9. The third-order valence-electron chi connectivity index (χ3n) is 2.59. The van der Waals surface area contributed by atoms with E-state index in [0.717, 1.165) is 23.5 Å². The van der Waals surface area contributed by atoms with E-state index >= 15 is 0 Å². The lowest BCUT2D eigenvalue weighted by Gasteiger charge is -2.16. The van der Waals surface area contributed by atoms with Crippen LogP contribution in [0, 0.1) is 0 Å². The van der Waals surface area contributed by atoms with E-state index in [0.29, 0.717) is 0 Å². The van der Waals surface area contributed by atoms with Crippen LogP contribution in [0.5, 0.6) is 11.5 Å². The predicted molar refractivity (Wildman–Crippen MR) is 59.7 cm³/mol. The second-order valence-electron chi connectivity index (χ2n) is 3.40. The van der Waals surface area contributed by atoms with Gasteiger partial charge in [-0.3, -0.25) is 0 Å². The van der Waals surface area contributed by atoms with E-state index in [2.05, 4.69) is 0 Å². The van der Waals surface area contributed by atoms with Crippen molar-refractivity contribution >= 4 is 0 Å². The molecule has 1 unspecified atom stereocenters. The van der Waals surface area contributed by atoms with Crippen molar-refractivity contribution in [1.82, 2.24) is 0 Å². The summed E-state index contributed by atoms with van der Waals surface area (Å²) in [4.78, 5) is 0. The van der Waals surface area contributed by atoms with Crippen molar-refractivity contribution in [2.24, 2.45) is 0 Å². The first-order valence-electron chi connectivity index (χ1n) is 5.09. The number of ether oxygens (including phenoxy) is 2. The van der Waals surface area contributed by atoms with Gasteiger partial charge in [0.15, 0.2) is 0 Å². The first-order chi connectivity index (χ1) is 7.26. The van der Waals surface area contributed by atoms with E-state index in [1.807, 2.05) is 25.1 Å². The molecule has 0 fully saturated rings. The molecule has 0 heterocycles. The molecule has 3 nitrogen and oxygen atoms in total. The normalized spacial score (nSPS) is 12.3. The molecule has 0 aliphatic rings. The number of aliphatic hydroxyl groups excluding tert-OH is 1. The molecule has 0 bridgehead atoms. The maximum absolute atomic E-state index is 9.27. The van der Waals surface area contributed by atoms with E-state index in [1.165, 1.54) is 0 Å². The van der Waals surface area contributed by atoms with Gasteiger partial charge in [0.2, 0.25) is 0 Å². The number of methoxy groups -OCH3 is 2. The van der Waals surface area contributed by atoms with Crippen LogP contribution in [0.3, 0.4) is 0 Å². The number of hydrogen-bond donors (Lipinski definition) is 1. The van der Waals surface area contributed by atoms with E-state index in [-0.39, 0.29) is 12.5 Å². The number of rotatable bonds is 5. The summed E-state index contributed by atoms with van der Waals surface area (Å²) >= 11 is 0. The van der Waals surface area contributed by atoms with E-state index in [9.17, 15) is 5.11 Å². The lowest BCUT2D eigenvalue weighted by Crippen LogP contribution is -2.05. The number of benzene rings is 1. The molecule has 0 saturated carbocycles. The molecule has 0 aliphatic carbocycles. The van der Waals surface area contributed by atoms with Crippen molar-refractivity contribution < 1.29 is 14.6 Å². The summed E-state index contributed by atoms with van der Waals surface area (Å²) in [5.41, 5.74) is 1.00. The quantitative estimate of drug-likeness (QED) is 0.809. The molecule has 0 radical (unpaired) electrons. The summed E-state index contributed by atoms with van der Waals surface area (Å²) in [6, 6.07) is 5.64. The van der Waals surface area contributed by atoms with Gasteiger partial charge in [0.1, 0.15) is 11.5 Å². The molecule has 1 rings (SSSR count). The number of aliphatic hydroxyl groups is 1. The van der Waals surface area contributed by atoms with Crippen molar-refractivity contribution in [1.29, 1.82) is 0 Å². The van der Waals surface area contributed by atoms with Crippen molar-refractivity contribution in [3.8, 4) is 11.5 Å². The van der Waals surface area contributed by atoms with Crippen LogP contribution >= 0.6 is 0 Å². The third-order valence-corrected chi connectivity index (χ3v) is 2.59. The fraction of sp³-hybridized carbons (Fsp3) is 0.500. The van der Waals surface area contributed by atoms with Gasteiger partial charge in [0.05, 0.1) is 20.8 Å². The van der Waals surface area contributed by atoms with Crippen molar-refractivity contribution in [2.45, 2.75) is 19.3 Å². The zero-order valence-electron chi connectivity index (χ0n) is 9.49. The molecule has 3 heteroatoms. The Balaban J connectivity index is 3.09. The van der Waals surface area contributed by atoms with Crippen molar-refractivity contribution in [3.63, 3.8) is 0 Å². The molecule has 0 amide bonds. The summed E-state index contributed by atoms with van der Waals surface area (Å²) < 4.78 is 10.4. The van der Waals surface area contributed by atoms with Gasteiger partial charge < -0.3 is 14.6 Å². The van der Waals surface area contributed by atoms with E-state index in [1.54, 1.807) is 14.2 Å². The van der Waals surface area contributed by atoms with Crippen LogP contribution in [0.15, 0.2) is 18.2 Å². The average molecular weight is 210 g/mol. The highest BCUT2D eigenvalue weighted by Crippen LogP contribution is 2.31. The zero-order valence-corrected chi connectivity index (χ0v) is 9.49. The number of hydrogen-bond acceptors (Lipinski definition) is 3. The third kappa shape index (κ3) is 2.63. The molecule has 1 atom stereocenters. The zero-order chi connectivity index (χ0) is 11.3. The van der Waals surface area contributed by atoms with Gasteiger partial charge in [-0.25, -0.2) is 0 Å². The molecule has 84 valence electrons. The second kappa shape index (κ2) is 5.61. The monoisotopic (exact) mass is 210 g/mol. The molecule has 0 spiro atoms. The lowest BCUT2D eigenvalue weighted by molar-refractivity contribution is 0.258. The largest absolute Gasteiger partial charge is 0.497 e. The summed E-state index contributed by atoms with van der Waals surface area (Å²) in [5, 5.41) is 9.27. The Hall–Kier alpha value is -1.22. The molecule has 1 aromatic carbocycles. The maximum atomic E-state index is 9.27. The van der Waals surface area contributed by atoms with Crippen molar-refractivity contribution in [3.05, 3.63) is 23.8 Å². The average Bonchev–Trinajstić information content (AvgIpc) is 2.30. The topological polar surface area (TPSA) is 38.7 Å². The van der Waals surface area contributed by atoms with Crippen LogP contribution in [0.2, 0.25) is 0 Å². The molecule has 0 aliphatic heterocycles. The minimum Gasteiger partial charge on any atom is -0.497 e. The van der Waals surface area contributed by atoms with Gasteiger partial charge in [-0.15, -0.1) is 0 Å². The minimum absolute atomic E-state index is 0.107. The van der Waals surface area contributed by atoms with Gasteiger partial charge in [0, 0.05) is 11.5 Å². The summed E-state index contributed by atoms with van der Waals surface area (Å²) in [6.45, 7) is 2.17. The molecule has 1 aromatic rings. The highest BCUT2D eigenvalue weighted by atomic mass is 16.5. The predicted octanol–water partition coefficient (Wildman–Crippen LogP) is 2.19. The fourth-order valence-electron chi connectivity index (χ4n) is 1.61. The van der Waals surface area contributed by atoms with Crippen LogP contribution < -0.4 is 9.47 Å².